The van der Waals surface area contributed by atoms with Gasteiger partial charge in [0.15, 0.2) is 12.1 Å². The molecule has 0 aliphatic carbocycles. The van der Waals surface area contributed by atoms with Gasteiger partial charge in [0.25, 0.3) is 5.91 Å². The van der Waals surface area contributed by atoms with Crippen LogP contribution in [0, 0.1) is 29.6 Å². The van der Waals surface area contributed by atoms with Gasteiger partial charge in [-0.05, 0) is 85.3 Å². The number of nitrogens with zero attached hydrogens (tertiary/aromatic N) is 6. The molecule has 0 bridgehead atoms. The van der Waals surface area contributed by atoms with E-state index in [9.17, 15) is 19.5 Å². The van der Waals surface area contributed by atoms with Crippen LogP contribution in [-0.4, -0.2) is 183 Å². The Morgan fingerprint density at radius 2 is 1.18 bits per heavy atom. The number of fused-ring (bicyclic) bond motifs is 2. The SMILES string of the molecule is CC[C@H](C)[C@@H]1NC(=O)[C@@H]2CCCN2C(=O)[C@H](Cc2cccc(-c3cncc4ccccc34)c2)N(C)C(=O)[C@H](Cc2ccccc2)NC(=O)C(C(C)C)N(C)C(=O)[C@@H]([C@@H](C)CC)OC(=O)[C@H](C(C)(C)O)N(C)C(=O)[C@H](CC(C)C)NC(=O)C(C(C)C)N(C)C1=O. The lowest BCUT2D eigenvalue weighted by atomic mass is 9.93. The molecule has 484 valence electrons. The van der Waals surface area contributed by atoms with Crippen molar-refractivity contribution in [2.24, 2.45) is 29.6 Å². The van der Waals surface area contributed by atoms with Crippen molar-refractivity contribution in [1.29, 1.82) is 0 Å². The number of benzene rings is 3. The Bertz CT molecular complexity index is 3160. The fourth-order valence-electron chi connectivity index (χ4n) is 12.6. The lowest BCUT2D eigenvalue weighted by Crippen LogP contribution is -2.63. The minimum atomic E-state index is -1.99. The van der Waals surface area contributed by atoms with Gasteiger partial charge in [0.1, 0.15) is 42.3 Å². The number of hydrogen-bond acceptors (Lipinski definition) is 12. The highest BCUT2D eigenvalue weighted by atomic mass is 16.6. The third kappa shape index (κ3) is 16.8. The summed E-state index contributed by atoms with van der Waals surface area (Å²) in [6.07, 6.45) is 3.44. The molecular formula is C69H97N9O11. The Balaban J connectivity index is 1.53. The normalized spacial score (nSPS) is 24.9. The minimum Gasteiger partial charge on any atom is -0.450 e. The van der Waals surface area contributed by atoms with Crippen LogP contribution in [0.25, 0.3) is 21.9 Å². The van der Waals surface area contributed by atoms with Crippen LogP contribution in [0.3, 0.4) is 0 Å². The second kappa shape index (κ2) is 30.6. The first-order valence-electron chi connectivity index (χ1n) is 31.6. The molecule has 2 aliphatic heterocycles. The van der Waals surface area contributed by atoms with Gasteiger partial charge in [-0.2, -0.15) is 0 Å². The number of pyridine rings is 1. The standard InChI is InChI=1S/C69H97N9O11/c1-17-43(9)55-66(85)75(14)56(41(5)6)61(80)71-51(34-40(3)4)64(83)77(16)59(69(11,12)88)68(87)89-58(44(10)18-2)67(86)76(15)57(42(7)8)62(81)72-52(36-45-26-20-19-21-27-45)63(82)74(13)54(65(84)78-33-25-32-53(78)60(79)73-55)37-46-28-24-30-47(35-46)50-39-70-38-48-29-22-23-31-49(48)50/h19-24,26-31,35,38-44,51-59,88H,17-18,25,32-34,36-37H2,1-16H3,(H,71,80)(H,72,81)(H,73,79)/t43-,44-,51-,52-,53-,54-,55-,56?,57?,58+,59+/m0/s1. The molecule has 3 heterocycles. The number of aromatic nitrogens is 1. The van der Waals surface area contributed by atoms with E-state index < -0.39 is 137 Å². The third-order valence-electron chi connectivity index (χ3n) is 17.9. The van der Waals surface area contributed by atoms with E-state index in [2.05, 4.69) is 20.9 Å². The number of rotatable bonds is 14. The van der Waals surface area contributed by atoms with Gasteiger partial charge >= 0.3 is 5.97 Å². The van der Waals surface area contributed by atoms with Gasteiger partial charge in [-0.15, -0.1) is 0 Å². The van der Waals surface area contributed by atoms with Crippen LogP contribution < -0.4 is 16.0 Å². The van der Waals surface area contributed by atoms with E-state index in [0.29, 0.717) is 30.4 Å². The number of ether oxygens (including phenoxy) is 1. The minimum absolute atomic E-state index is 0.0311. The van der Waals surface area contributed by atoms with Crippen molar-refractivity contribution in [1.82, 2.24) is 45.4 Å². The molecule has 1 aromatic heterocycles. The zero-order valence-electron chi connectivity index (χ0n) is 55.1. The van der Waals surface area contributed by atoms with Gasteiger partial charge in [-0.1, -0.05) is 155 Å². The fourth-order valence-corrected chi connectivity index (χ4v) is 12.6. The van der Waals surface area contributed by atoms with Gasteiger partial charge in [0.05, 0.1) is 5.60 Å². The highest BCUT2D eigenvalue weighted by Gasteiger charge is 2.48. The van der Waals surface area contributed by atoms with Gasteiger partial charge in [0, 0.05) is 76.8 Å². The molecule has 0 spiro atoms. The van der Waals surface area contributed by atoms with E-state index in [1.54, 1.807) is 66.1 Å². The van der Waals surface area contributed by atoms with Crippen LogP contribution in [0.1, 0.15) is 126 Å². The number of nitrogens with one attached hydrogen (secondary N) is 3. The van der Waals surface area contributed by atoms with Crippen LogP contribution >= 0.6 is 0 Å². The monoisotopic (exact) mass is 1230 g/mol. The molecular weight excluding hydrogens is 1130 g/mol. The first-order chi connectivity index (χ1) is 41.9. The van der Waals surface area contributed by atoms with Gasteiger partial charge in [-0.3, -0.25) is 43.3 Å². The van der Waals surface area contributed by atoms with E-state index in [0.717, 1.165) is 26.8 Å². The molecule has 2 unspecified atom stereocenters. The topological polar surface area (TPSA) is 248 Å². The molecule has 4 aromatic rings. The first kappa shape index (κ1) is 70.3. The van der Waals surface area contributed by atoms with E-state index in [-0.39, 0.29) is 38.1 Å². The average molecular weight is 1230 g/mol. The number of hydrogen-bond donors (Lipinski definition) is 4. The molecule has 8 amide bonds. The van der Waals surface area contributed by atoms with Crippen molar-refractivity contribution in [2.75, 3.05) is 34.7 Å². The molecule has 0 saturated carbocycles. The Morgan fingerprint density at radius 1 is 0.607 bits per heavy atom. The van der Waals surface area contributed by atoms with Crippen LogP contribution in [0.5, 0.6) is 0 Å². The summed E-state index contributed by atoms with van der Waals surface area (Å²) >= 11 is 0. The van der Waals surface area contributed by atoms with E-state index >= 15 is 28.8 Å². The molecule has 3 aromatic carbocycles. The smallest absolute Gasteiger partial charge is 0.332 e. The molecule has 20 nitrogen and oxygen atoms in total. The number of likely N-dealkylation sites (N-methyl/N-ethyl adjacent to an activating group) is 4. The highest BCUT2D eigenvalue weighted by Crippen LogP contribution is 2.31. The van der Waals surface area contributed by atoms with Crippen LogP contribution in [0.2, 0.25) is 0 Å². The maximum absolute atomic E-state index is 15.8. The molecule has 4 N–H and O–H groups in total. The predicted octanol–water partition coefficient (Wildman–Crippen LogP) is 6.59. The average Bonchev–Trinajstić information content (AvgIpc) is 4.18. The number of aliphatic hydroxyl groups is 1. The Hall–Kier alpha value is -7.74. The Kier molecular flexibility index (Phi) is 24.2. The van der Waals surface area contributed by atoms with E-state index in [4.69, 9.17) is 4.74 Å². The summed E-state index contributed by atoms with van der Waals surface area (Å²) in [6.45, 7) is 20.6. The van der Waals surface area contributed by atoms with Crippen molar-refractivity contribution in [3.05, 3.63) is 102 Å². The zero-order valence-corrected chi connectivity index (χ0v) is 55.1. The lowest BCUT2D eigenvalue weighted by Gasteiger charge is -2.39. The number of carbonyl (C=O) groups is 9. The van der Waals surface area contributed by atoms with Crippen molar-refractivity contribution in [2.45, 2.75) is 188 Å². The van der Waals surface area contributed by atoms with Gasteiger partial charge in [0.2, 0.25) is 41.4 Å². The Labute approximate surface area is 526 Å². The number of carbonyl (C=O) groups excluding carboxylic acids is 9. The number of amides is 8. The summed E-state index contributed by atoms with van der Waals surface area (Å²) in [5.74, 6) is -8.89. The molecule has 2 fully saturated rings. The lowest BCUT2D eigenvalue weighted by molar-refractivity contribution is -0.177. The maximum Gasteiger partial charge on any atom is 0.332 e. The van der Waals surface area contributed by atoms with Crippen molar-refractivity contribution in [3.63, 3.8) is 0 Å². The maximum atomic E-state index is 15.8. The largest absolute Gasteiger partial charge is 0.450 e. The second-order valence-corrected chi connectivity index (χ2v) is 26.3. The van der Waals surface area contributed by atoms with Crippen molar-refractivity contribution < 1.29 is 53.0 Å². The van der Waals surface area contributed by atoms with E-state index in [1.165, 1.54) is 61.6 Å². The molecule has 2 saturated heterocycles. The van der Waals surface area contributed by atoms with Crippen molar-refractivity contribution >= 4 is 64.0 Å². The summed E-state index contributed by atoms with van der Waals surface area (Å²) < 4.78 is 6.14. The van der Waals surface area contributed by atoms with Gasteiger partial charge in [-0.25, -0.2) is 4.79 Å². The van der Waals surface area contributed by atoms with E-state index in [1.807, 2.05) is 94.4 Å². The number of cyclic esters (lactones) is 1. The second-order valence-electron chi connectivity index (χ2n) is 26.3. The fraction of sp³-hybridized carbons (Fsp3) is 0.565. The summed E-state index contributed by atoms with van der Waals surface area (Å²) in [5, 5.41) is 22.5. The summed E-state index contributed by atoms with van der Waals surface area (Å²) in [4.78, 5) is 147. The zero-order chi connectivity index (χ0) is 65.9. The Morgan fingerprint density at radius 3 is 1.78 bits per heavy atom. The first-order valence-corrected chi connectivity index (χ1v) is 31.6. The van der Waals surface area contributed by atoms with Gasteiger partial charge < -0.3 is 50.3 Å². The third-order valence-corrected chi connectivity index (χ3v) is 17.9. The molecule has 20 heteroatoms. The highest BCUT2D eigenvalue weighted by molar-refractivity contribution is 6.00. The summed E-state index contributed by atoms with van der Waals surface area (Å²) in [5.41, 5.74) is 1.03. The van der Waals surface area contributed by atoms with Crippen molar-refractivity contribution in [3.8, 4) is 11.1 Å². The molecule has 2 aliphatic rings. The molecule has 11 atom stereocenters. The molecule has 6 rings (SSSR count). The quantitative estimate of drug-likeness (QED) is 0.0978. The summed E-state index contributed by atoms with van der Waals surface area (Å²) in [6, 6.07) is 14.2. The summed E-state index contributed by atoms with van der Waals surface area (Å²) in [7, 11) is 5.68. The van der Waals surface area contributed by atoms with Crippen LogP contribution in [-0.2, 0) is 60.7 Å². The predicted molar refractivity (Wildman–Crippen MR) is 342 cm³/mol. The molecule has 89 heavy (non-hydrogen) atoms. The number of esters is 1. The van der Waals surface area contributed by atoms with Crippen LogP contribution in [0.15, 0.2) is 91.3 Å². The van der Waals surface area contributed by atoms with Crippen LogP contribution in [0.4, 0.5) is 0 Å². The molecule has 0 radical (unpaired) electrons.